The van der Waals surface area contributed by atoms with Gasteiger partial charge in [0.15, 0.2) is 6.29 Å². The molecule has 0 bridgehead atoms. The smallest absolute Gasteiger partial charge is 0.258 e. The van der Waals surface area contributed by atoms with E-state index in [0.29, 0.717) is 37.5 Å². The van der Waals surface area contributed by atoms with Gasteiger partial charge in [0.05, 0.1) is 18.6 Å². The molecule has 1 fully saturated rings. The summed E-state index contributed by atoms with van der Waals surface area (Å²) in [6.45, 7) is 4.14. The minimum absolute atomic E-state index is 0.00353. The zero-order chi connectivity index (χ0) is 13.9. The van der Waals surface area contributed by atoms with E-state index in [-0.39, 0.29) is 11.8 Å². The quantitative estimate of drug-likeness (QED) is 0.853. The second-order valence-electron chi connectivity index (χ2n) is 4.61. The minimum Gasteiger partial charge on any atom is -0.488 e. The first-order valence-corrected chi connectivity index (χ1v) is 6.78. The summed E-state index contributed by atoms with van der Waals surface area (Å²) in [6, 6.07) is 7.41. The number of hydrogen-bond acceptors (Lipinski definition) is 4. The Morgan fingerprint density at radius 2 is 2.05 bits per heavy atom. The molecule has 0 amide bonds. The molecule has 0 aliphatic carbocycles. The lowest BCUT2D eigenvalue weighted by atomic mass is 10.1. The van der Waals surface area contributed by atoms with Gasteiger partial charge in [-0.25, -0.2) is 0 Å². The van der Waals surface area contributed by atoms with Gasteiger partial charge in [0.2, 0.25) is 0 Å². The monoisotopic (exact) mass is 275 g/mol. The molecule has 1 aliphatic rings. The van der Waals surface area contributed by atoms with E-state index in [1.54, 1.807) is 10.8 Å². The van der Waals surface area contributed by atoms with Crippen LogP contribution in [0.15, 0.2) is 35.3 Å². The van der Waals surface area contributed by atoms with Gasteiger partial charge in [0.25, 0.3) is 5.56 Å². The fourth-order valence-corrected chi connectivity index (χ4v) is 2.33. The van der Waals surface area contributed by atoms with E-state index in [2.05, 4.69) is 0 Å². The van der Waals surface area contributed by atoms with Crippen LogP contribution in [0.2, 0.25) is 0 Å². The van der Waals surface area contributed by atoms with E-state index in [1.165, 1.54) is 0 Å². The first-order valence-electron chi connectivity index (χ1n) is 6.78. The SMILES string of the molecule is CCn1ccc2c(OCC3OCCO3)cccc2c1=O. The van der Waals surface area contributed by atoms with Crippen LogP contribution in [0, 0.1) is 0 Å². The molecule has 0 radical (unpaired) electrons. The third-order valence-corrected chi connectivity index (χ3v) is 3.38. The third-order valence-electron chi connectivity index (χ3n) is 3.38. The van der Waals surface area contributed by atoms with Crippen molar-refractivity contribution in [1.82, 2.24) is 4.57 Å². The fourth-order valence-electron chi connectivity index (χ4n) is 2.33. The van der Waals surface area contributed by atoms with Crippen LogP contribution in [0.1, 0.15) is 6.92 Å². The lowest BCUT2D eigenvalue weighted by Crippen LogP contribution is -2.20. The average molecular weight is 275 g/mol. The zero-order valence-electron chi connectivity index (χ0n) is 11.4. The molecule has 20 heavy (non-hydrogen) atoms. The summed E-state index contributed by atoms with van der Waals surface area (Å²) in [6.07, 6.45) is 1.47. The molecule has 0 N–H and O–H groups in total. The lowest BCUT2D eigenvalue weighted by molar-refractivity contribution is -0.0681. The van der Waals surface area contributed by atoms with Crippen molar-refractivity contribution in [1.29, 1.82) is 0 Å². The minimum atomic E-state index is -0.318. The molecule has 5 nitrogen and oxygen atoms in total. The van der Waals surface area contributed by atoms with Crippen LogP contribution in [0.25, 0.3) is 10.8 Å². The molecular weight excluding hydrogens is 258 g/mol. The van der Waals surface area contributed by atoms with Crippen LogP contribution in [-0.4, -0.2) is 30.7 Å². The highest BCUT2D eigenvalue weighted by molar-refractivity contribution is 5.87. The molecule has 5 heteroatoms. The Hall–Kier alpha value is -1.85. The number of aryl methyl sites for hydroxylation is 1. The van der Waals surface area contributed by atoms with Crippen molar-refractivity contribution < 1.29 is 14.2 Å². The van der Waals surface area contributed by atoms with E-state index in [1.807, 2.05) is 31.2 Å². The van der Waals surface area contributed by atoms with Gasteiger partial charge >= 0.3 is 0 Å². The van der Waals surface area contributed by atoms with Crippen molar-refractivity contribution in [2.75, 3.05) is 19.8 Å². The first kappa shape index (κ1) is 13.1. The lowest BCUT2D eigenvalue weighted by Gasteiger charge is -2.13. The van der Waals surface area contributed by atoms with Gasteiger partial charge in [-0.15, -0.1) is 0 Å². The Morgan fingerprint density at radius 1 is 1.25 bits per heavy atom. The van der Waals surface area contributed by atoms with Gasteiger partial charge in [0.1, 0.15) is 12.4 Å². The van der Waals surface area contributed by atoms with E-state index in [4.69, 9.17) is 14.2 Å². The summed E-state index contributed by atoms with van der Waals surface area (Å²) in [5, 5.41) is 1.49. The van der Waals surface area contributed by atoms with Crippen LogP contribution < -0.4 is 10.3 Å². The standard InChI is InChI=1S/C15H17NO4/c1-2-16-7-6-11-12(15(16)17)4-3-5-13(11)20-10-14-18-8-9-19-14/h3-7,14H,2,8-10H2,1H3. The van der Waals surface area contributed by atoms with E-state index < -0.39 is 0 Å². The summed E-state index contributed by atoms with van der Waals surface area (Å²) >= 11 is 0. The zero-order valence-corrected chi connectivity index (χ0v) is 11.4. The molecule has 0 atom stereocenters. The van der Waals surface area contributed by atoms with E-state index >= 15 is 0 Å². The number of rotatable bonds is 4. The summed E-state index contributed by atoms with van der Waals surface area (Å²) in [7, 11) is 0. The topological polar surface area (TPSA) is 49.7 Å². The summed E-state index contributed by atoms with van der Waals surface area (Å²) in [4.78, 5) is 12.2. The Labute approximate surface area is 116 Å². The van der Waals surface area contributed by atoms with Crippen molar-refractivity contribution >= 4 is 10.8 Å². The Balaban J connectivity index is 1.91. The van der Waals surface area contributed by atoms with Gasteiger partial charge in [-0.3, -0.25) is 4.79 Å². The Morgan fingerprint density at radius 3 is 2.80 bits per heavy atom. The highest BCUT2D eigenvalue weighted by Crippen LogP contribution is 2.23. The second kappa shape index (κ2) is 5.64. The summed E-state index contributed by atoms with van der Waals surface area (Å²) in [5.41, 5.74) is 0.00353. The van der Waals surface area contributed by atoms with Crippen LogP contribution in [0.5, 0.6) is 5.75 Å². The van der Waals surface area contributed by atoms with Gasteiger partial charge in [0, 0.05) is 18.1 Å². The maximum absolute atomic E-state index is 12.2. The molecule has 1 aromatic carbocycles. The number of fused-ring (bicyclic) bond motifs is 1. The van der Waals surface area contributed by atoms with Crippen molar-refractivity contribution in [2.24, 2.45) is 0 Å². The van der Waals surface area contributed by atoms with Crippen molar-refractivity contribution in [3.8, 4) is 5.75 Å². The number of ether oxygens (including phenoxy) is 3. The molecule has 2 heterocycles. The fraction of sp³-hybridized carbons (Fsp3) is 0.400. The molecular formula is C15H17NO4. The van der Waals surface area contributed by atoms with Gasteiger partial charge < -0.3 is 18.8 Å². The van der Waals surface area contributed by atoms with Crippen LogP contribution in [0.3, 0.4) is 0 Å². The van der Waals surface area contributed by atoms with E-state index in [9.17, 15) is 4.79 Å². The van der Waals surface area contributed by atoms with Crippen LogP contribution in [-0.2, 0) is 16.0 Å². The molecule has 106 valence electrons. The van der Waals surface area contributed by atoms with Crippen LogP contribution >= 0.6 is 0 Å². The predicted molar refractivity (Wildman–Crippen MR) is 75.1 cm³/mol. The molecule has 2 aromatic rings. The molecule has 3 rings (SSSR count). The Kier molecular flexibility index (Phi) is 3.71. The maximum atomic E-state index is 12.2. The average Bonchev–Trinajstić information content (AvgIpc) is 2.99. The molecule has 0 spiro atoms. The third kappa shape index (κ3) is 2.42. The normalized spacial score (nSPS) is 15.8. The molecule has 1 aliphatic heterocycles. The molecule has 0 unspecified atom stereocenters. The Bertz CT molecular complexity index is 658. The number of aromatic nitrogens is 1. The molecule has 1 aromatic heterocycles. The summed E-state index contributed by atoms with van der Waals surface area (Å²) < 4.78 is 18.1. The number of hydrogen-bond donors (Lipinski definition) is 0. The maximum Gasteiger partial charge on any atom is 0.258 e. The van der Waals surface area contributed by atoms with Crippen molar-refractivity contribution in [3.63, 3.8) is 0 Å². The van der Waals surface area contributed by atoms with Gasteiger partial charge in [-0.2, -0.15) is 0 Å². The highest BCUT2D eigenvalue weighted by Gasteiger charge is 2.17. The van der Waals surface area contributed by atoms with E-state index in [0.717, 1.165) is 5.39 Å². The van der Waals surface area contributed by atoms with Crippen molar-refractivity contribution in [2.45, 2.75) is 19.8 Å². The second-order valence-corrected chi connectivity index (χ2v) is 4.61. The van der Waals surface area contributed by atoms with Crippen molar-refractivity contribution in [3.05, 3.63) is 40.8 Å². The molecule has 0 saturated carbocycles. The highest BCUT2D eigenvalue weighted by atomic mass is 16.7. The predicted octanol–water partition coefficient (Wildman–Crippen LogP) is 1.77. The summed E-state index contributed by atoms with van der Waals surface area (Å²) in [5.74, 6) is 0.682. The van der Waals surface area contributed by atoms with Crippen LogP contribution in [0.4, 0.5) is 0 Å². The number of nitrogens with zero attached hydrogens (tertiary/aromatic N) is 1. The molecule has 1 saturated heterocycles. The first-order chi connectivity index (χ1) is 9.79. The number of benzene rings is 1. The number of pyridine rings is 1. The largest absolute Gasteiger partial charge is 0.488 e. The van der Waals surface area contributed by atoms with Gasteiger partial charge in [-0.1, -0.05) is 6.07 Å². The van der Waals surface area contributed by atoms with Gasteiger partial charge in [-0.05, 0) is 25.1 Å².